The van der Waals surface area contributed by atoms with E-state index in [-0.39, 0.29) is 42.9 Å². The van der Waals surface area contributed by atoms with Gasteiger partial charge in [-0.15, -0.1) is 6.58 Å². The quantitative estimate of drug-likeness (QED) is 0.176. The van der Waals surface area contributed by atoms with Crippen molar-refractivity contribution in [2.75, 3.05) is 27.9 Å². The molecule has 13 nitrogen and oxygen atoms in total. The number of hydrogen-bond acceptors (Lipinski definition) is 12. The fourth-order valence-electron chi connectivity index (χ4n) is 9.78. The number of ether oxygens (including phenoxy) is 5. The fourth-order valence-corrected chi connectivity index (χ4v) is 9.78. The van der Waals surface area contributed by atoms with Crippen LogP contribution in [0.25, 0.3) is 0 Å². The number of cyclic esters (lactones) is 1. The zero-order chi connectivity index (χ0) is 43.8. The molecule has 334 valence electrons. The average Bonchev–Trinajstić information content (AvgIpc) is 3.18. The Morgan fingerprint density at radius 2 is 1.53 bits per heavy atom. The molecule has 14 atom stereocenters. The number of ketones is 2. The summed E-state index contributed by atoms with van der Waals surface area (Å²) in [4.78, 5) is 57.5. The number of fused-ring (bicyclic) bond motifs is 3. The smallest absolute Gasteiger partial charge is 0.329 e. The molecule has 3 N–H and O–H groups in total. The molecule has 3 fully saturated rings. The van der Waals surface area contributed by atoms with Crippen LogP contribution in [-0.4, -0.2) is 126 Å². The van der Waals surface area contributed by atoms with Crippen LogP contribution in [0.15, 0.2) is 36.0 Å². The molecule has 1 saturated carbocycles. The van der Waals surface area contributed by atoms with Crippen LogP contribution in [-0.2, 0) is 42.9 Å². The van der Waals surface area contributed by atoms with Crippen LogP contribution in [0.5, 0.6) is 0 Å². The third-order valence-corrected chi connectivity index (χ3v) is 13.6. The second-order valence-corrected chi connectivity index (χ2v) is 18.4. The first kappa shape index (κ1) is 48.9. The molecule has 59 heavy (non-hydrogen) atoms. The summed E-state index contributed by atoms with van der Waals surface area (Å²) < 4.78 is 30.2. The van der Waals surface area contributed by atoms with Gasteiger partial charge in [0.2, 0.25) is 5.78 Å². The van der Waals surface area contributed by atoms with Gasteiger partial charge in [0.25, 0.3) is 5.91 Å². The normalized spacial score (nSPS) is 41.5. The number of esters is 1. The van der Waals surface area contributed by atoms with Crippen LogP contribution in [0, 0.1) is 29.6 Å². The van der Waals surface area contributed by atoms with Gasteiger partial charge in [-0.25, -0.2) is 4.79 Å². The van der Waals surface area contributed by atoms with Crippen LogP contribution < -0.4 is 0 Å². The van der Waals surface area contributed by atoms with E-state index in [9.17, 15) is 34.5 Å². The Morgan fingerprint density at radius 3 is 2.17 bits per heavy atom. The van der Waals surface area contributed by atoms with Crippen molar-refractivity contribution < 1.29 is 58.2 Å². The van der Waals surface area contributed by atoms with E-state index in [1.165, 1.54) is 12.0 Å². The van der Waals surface area contributed by atoms with Crippen molar-refractivity contribution in [3.8, 4) is 0 Å². The van der Waals surface area contributed by atoms with Crippen LogP contribution in [0.3, 0.4) is 0 Å². The number of amides is 1. The summed E-state index contributed by atoms with van der Waals surface area (Å²) in [5.41, 5.74) is -0.248. The molecule has 0 aromatic rings. The number of methoxy groups -OCH3 is 3. The summed E-state index contributed by atoms with van der Waals surface area (Å²) in [6.07, 6.45) is 5.71. The van der Waals surface area contributed by atoms with Crippen molar-refractivity contribution in [3.63, 3.8) is 0 Å². The summed E-state index contributed by atoms with van der Waals surface area (Å²) in [5.74, 6) is -5.96. The number of carbonyl (C=O) groups is 4. The molecular formula is C46H73NO12. The zero-order valence-electron chi connectivity index (χ0n) is 37.0. The van der Waals surface area contributed by atoms with Gasteiger partial charge in [0.1, 0.15) is 18.2 Å². The summed E-state index contributed by atoms with van der Waals surface area (Å²) in [6.45, 7) is 15.2. The first-order chi connectivity index (χ1) is 27.8. The number of nitrogens with zero attached hydrogens (tertiary/aromatic N) is 1. The number of Topliss-reactive ketones (excluding diaryl/α,β-unsaturated/α-hetero) is 2. The van der Waals surface area contributed by atoms with Crippen LogP contribution in [0.4, 0.5) is 0 Å². The maximum atomic E-state index is 14.3. The largest absolute Gasteiger partial charge is 0.456 e. The average molecular weight is 832 g/mol. The van der Waals surface area contributed by atoms with Crippen molar-refractivity contribution in [2.24, 2.45) is 29.6 Å². The maximum Gasteiger partial charge on any atom is 0.329 e. The van der Waals surface area contributed by atoms with Gasteiger partial charge in [0.05, 0.1) is 36.4 Å². The number of allylic oxidation sites excluding steroid dienone is 3. The van der Waals surface area contributed by atoms with Gasteiger partial charge >= 0.3 is 5.97 Å². The predicted octanol–water partition coefficient (Wildman–Crippen LogP) is 5.42. The zero-order valence-corrected chi connectivity index (χ0v) is 37.0. The minimum atomic E-state index is -2.00. The van der Waals surface area contributed by atoms with Crippen LogP contribution >= 0.6 is 0 Å². The Hall–Kier alpha value is -2.78. The second kappa shape index (κ2) is 21.3. The Bertz CT molecular complexity index is 1540. The molecule has 0 spiro atoms. The summed E-state index contributed by atoms with van der Waals surface area (Å²) in [7, 11) is 4.66. The van der Waals surface area contributed by atoms with Gasteiger partial charge in [-0.1, -0.05) is 45.9 Å². The Balaban J connectivity index is 1.78. The molecule has 2 bridgehead atoms. The number of carbonyl (C=O) groups excluding carboxylic acids is 4. The van der Waals surface area contributed by atoms with E-state index in [1.54, 1.807) is 34.1 Å². The first-order valence-corrected chi connectivity index (χ1v) is 21.7. The highest BCUT2D eigenvalue weighted by molar-refractivity contribution is 6.36. The minimum absolute atomic E-state index is 0.0263. The fraction of sp³-hybridized carbons (Fsp3) is 0.783. The Morgan fingerprint density at radius 1 is 0.864 bits per heavy atom. The molecule has 3 heterocycles. The highest BCUT2D eigenvalue weighted by Gasteiger charge is 2.51. The predicted molar refractivity (Wildman–Crippen MR) is 222 cm³/mol. The molecule has 0 radical (unpaired) electrons. The lowest BCUT2D eigenvalue weighted by Crippen LogP contribution is -2.59. The molecule has 13 heteroatoms. The Labute approximate surface area is 351 Å². The van der Waals surface area contributed by atoms with E-state index in [1.807, 2.05) is 32.9 Å². The minimum Gasteiger partial charge on any atom is -0.456 e. The van der Waals surface area contributed by atoms with Gasteiger partial charge in [0, 0.05) is 52.0 Å². The molecule has 4 aliphatic rings. The molecular weight excluding hydrogens is 759 g/mol. The van der Waals surface area contributed by atoms with E-state index in [2.05, 4.69) is 13.5 Å². The van der Waals surface area contributed by atoms with Crippen molar-refractivity contribution in [3.05, 3.63) is 36.0 Å². The van der Waals surface area contributed by atoms with E-state index in [4.69, 9.17) is 23.7 Å². The number of piperidine rings is 1. The van der Waals surface area contributed by atoms with Gasteiger partial charge in [0.15, 0.2) is 11.6 Å². The molecule has 0 aromatic heterocycles. The van der Waals surface area contributed by atoms with Gasteiger partial charge in [-0.3, -0.25) is 14.4 Å². The van der Waals surface area contributed by atoms with Crippen molar-refractivity contribution >= 4 is 23.4 Å². The van der Waals surface area contributed by atoms with Crippen LogP contribution in [0.2, 0.25) is 0 Å². The van der Waals surface area contributed by atoms with E-state index < -0.39 is 90.0 Å². The monoisotopic (exact) mass is 832 g/mol. The summed E-state index contributed by atoms with van der Waals surface area (Å²) in [6, 6.07) is -1.05. The topological polar surface area (TPSA) is 178 Å². The van der Waals surface area contributed by atoms with Crippen LogP contribution in [0.1, 0.15) is 119 Å². The lowest BCUT2D eigenvalue weighted by Gasteiger charge is -2.47. The molecule has 1 amide bonds. The van der Waals surface area contributed by atoms with Crippen molar-refractivity contribution in [2.45, 2.75) is 173 Å². The van der Waals surface area contributed by atoms with E-state index in [0.717, 1.165) is 0 Å². The standard InChI is InChI=1S/C46H73NO12/c1-11-14-32-20-27(2)19-28(3)21-39(56-9)42-40(57-10)23-31(6)46(54,59-42)26-37(50)43(51)47-18-13-12-15-34(47)44(52)58-41(33-16-17-35(48)38(24-33)55-8)29(4)22-30(5)45(7,53)25-36(32)49/h11,20,22,27-28,30-31,33-35,38-42,48,53-54H,1,12-19,21,23-26H2,2-10H3/b29-22?,32-20+. The van der Waals surface area contributed by atoms with Gasteiger partial charge in [-0.05, 0) is 101 Å². The van der Waals surface area contributed by atoms with E-state index in [0.29, 0.717) is 68.9 Å². The Kier molecular flexibility index (Phi) is 17.7. The highest BCUT2D eigenvalue weighted by Crippen LogP contribution is 2.40. The third kappa shape index (κ3) is 12.2. The maximum absolute atomic E-state index is 14.3. The lowest BCUT2D eigenvalue weighted by molar-refractivity contribution is -0.320. The highest BCUT2D eigenvalue weighted by atomic mass is 16.7. The number of aliphatic hydroxyl groups is 3. The number of hydrogen-bond donors (Lipinski definition) is 3. The molecule has 14 unspecified atom stereocenters. The molecule has 3 aliphatic heterocycles. The van der Waals surface area contributed by atoms with Crippen molar-refractivity contribution in [1.29, 1.82) is 0 Å². The summed E-state index contributed by atoms with van der Waals surface area (Å²) >= 11 is 0. The molecule has 4 rings (SSSR count). The van der Waals surface area contributed by atoms with E-state index >= 15 is 0 Å². The third-order valence-electron chi connectivity index (χ3n) is 13.6. The second-order valence-electron chi connectivity index (χ2n) is 18.4. The SMILES string of the molecule is C=CC/C1=C\C(C)CC(C)CC(OC)C2OC(O)(CC(=O)C(=O)N3CCCCC3C(=O)OC(C3CCC(O)C(OC)C3)C(C)=CC(C)C(C)(O)CC1=O)C(C)CC2OC. The molecule has 2 saturated heterocycles. The molecule has 1 aliphatic carbocycles. The lowest BCUT2D eigenvalue weighted by atomic mass is 9.77. The molecule has 0 aromatic carbocycles. The van der Waals surface area contributed by atoms with Crippen molar-refractivity contribution in [1.82, 2.24) is 4.90 Å². The first-order valence-electron chi connectivity index (χ1n) is 21.7. The van der Waals surface area contributed by atoms with Gasteiger partial charge < -0.3 is 43.9 Å². The van der Waals surface area contributed by atoms with Gasteiger partial charge in [-0.2, -0.15) is 0 Å². The number of rotatable bonds is 6. The summed E-state index contributed by atoms with van der Waals surface area (Å²) in [5, 5.41) is 34.5. The number of aliphatic hydroxyl groups excluding tert-OH is 1.